The Morgan fingerprint density at radius 3 is 2.97 bits per heavy atom. The molecule has 0 radical (unpaired) electrons. The van der Waals surface area contributed by atoms with Gasteiger partial charge in [0.25, 0.3) is 0 Å². The van der Waals surface area contributed by atoms with E-state index in [4.69, 9.17) is 14.8 Å². The van der Waals surface area contributed by atoms with Gasteiger partial charge in [0.05, 0.1) is 11.1 Å². The second kappa shape index (κ2) is 9.28. The lowest BCUT2D eigenvalue weighted by Crippen LogP contribution is -2.22. The third-order valence-corrected chi connectivity index (χ3v) is 5.45. The van der Waals surface area contributed by atoms with Gasteiger partial charge in [0, 0.05) is 35.0 Å². The lowest BCUT2D eigenvalue weighted by Gasteiger charge is -2.27. The number of hydrogen-bond donors (Lipinski definition) is 3. The number of anilines is 2. The van der Waals surface area contributed by atoms with Gasteiger partial charge < -0.3 is 20.7 Å². The fourth-order valence-electron chi connectivity index (χ4n) is 3.62. The van der Waals surface area contributed by atoms with E-state index >= 15 is 0 Å². The highest BCUT2D eigenvalue weighted by Gasteiger charge is 2.28. The highest BCUT2D eigenvalue weighted by molar-refractivity contribution is 9.10. The molecule has 0 saturated heterocycles. The normalized spacial score (nSPS) is 16.0. The van der Waals surface area contributed by atoms with Gasteiger partial charge in [-0.3, -0.25) is 4.68 Å². The molecule has 3 heterocycles. The smallest absolute Gasteiger partial charge is 0.225 e. The summed E-state index contributed by atoms with van der Waals surface area (Å²) in [5.41, 5.74) is 3.63. The average Bonchev–Trinajstić information content (AvgIpc) is 3.11. The molecular formula is C21H28BrN7O. The topological polar surface area (TPSA) is 88.9 Å². The molecule has 2 aromatic heterocycles. The molecule has 1 aromatic carbocycles. The summed E-state index contributed by atoms with van der Waals surface area (Å²) in [6.07, 6.45) is 2.73. The van der Waals surface area contributed by atoms with Gasteiger partial charge in [-0.05, 0) is 44.1 Å². The van der Waals surface area contributed by atoms with E-state index in [0.29, 0.717) is 24.2 Å². The number of nitrogens with one attached hydrogen (secondary N) is 3. The number of nitrogens with zero attached hydrogens (tertiary/aromatic N) is 4. The third-order valence-electron chi connectivity index (χ3n) is 4.95. The maximum atomic E-state index is 6.14. The van der Waals surface area contributed by atoms with E-state index in [1.807, 2.05) is 24.0 Å². The second-order valence-corrected chi connectivity index (χ2v) is 8.81. The van der Waals surface area contributed by atoms with Crippen molar-refractivity contribution >= 4 is 38.6 Å². The van der Waals surface area contributed by atoms with Crippen molar-refractivity contribution < 1.29 is 4.74 Å². The molecule has 1 atom stereocenters. The van der Waals surface area contributed by atoms with Crippen LogP contribution in [0.2, 0.25) is 0 Å². The van der Waals surface area contributed by atoms with Crippen LogP contribution in [-0.4, -0.2) is 46.6 Å². The highest BCUT2D eigenvalue weighted by atomic mass is 79.9. The Balaban J connectivity index is 1.77. The molecule has 1 unspecified atom stereocenters. The van der Waals surface area contributed by atoms with Gasteiger partial charge in [0.15, 0.2) is 5.65 Å². The Morgan fingerprint density at radius 2 is 2.17 bits per heavy atom. The quantitative estimate of drug-likeness (QED) is 0.429. The second-order valence-electron chi connectivity index (χ2n) is 7.90. The Labute approximate surface area is 184 Å². The molecule has 8 nitrogen and oxygen atoms in total. The SMILES string of the molecule is CNCCCNc1nc(C2OCNc3ccc(Br)cc32)c2cn(CC(C)C)nc2n1. The van der Waals surface area contributed by atoms with Crippen LogP contribution in [0.3, 0.4) is 0 Å². The van der Waals surface area contributed by atoms with Crippen molar-refractivity contribution in [3.8, 4) is 0 Å². The van der Waals surface area contributed by atoms with E-state index in [1.165, 1.54) is 0 Å². The molecule has 3 N–H and O–H groups in total. The Hall–Kier alpha value is -2.23. The minimum absolute atomic E-state index is 0.293. The highest BCUT2D eigenvalue weighted by Crippen LogP contribution is 2.38. The molecule has 0 amide bonds. The number of rotatable bonds is 8. The molecule has 0 spiro atoms. The summed E-state index contributed by atoms with van der Waals surface area (Å²) >= 11 is 3.58. The molecular weight excluding hydrogens is 446 g/mol. The van der Waals surface area contributed by atoms with Crippen LogP contribution in [0.25, 0.3) is 11.0 Å². The summed E-state index contributed by atoms with van der Waals surface area (Å²) in [7, 11) is 1.95. The molecule has 0 saturated carbocycles. The number of hydrogen-bond acceptors (Lipinski definition) is 7. The maximum absolute atomic E-state index is 6.14. The molecule has 0 aliphatic carbocycles. The van der Waals surface area contributed by atoms with E-state index in [2.05, 4.69) is 62.8 Å². The van der Waals surface area contributed by atoms with Crippen molar-refractivity contribution in [2.45, 2.75) is 32.9 Å². The summed E-state index contributed by atoms with van der Waals surface area (Å²) in [6, 6.07) is 6.17. The zero-order valence-electron chi connectivity index (χ0n) is 17.6. The van der Waals surface area contributed by atoms with Gasteiger partial charge in [-0.15, -0.1) is 0 Å². The van der Waals surface area contributed by atoms with Gasteiger partial charge >= 0.3 is 0 Å². The van der Waals surface area contributed by atoms with Crippen LogP contribution in [0.1, 0.15) is 37.6 Å². The van der Waals surface area contributed by atoms with Gasteiger partial charge in [0.1, 0.15) is 12.8 Å². The molecule has 1 aliphatic rings. The molecule has 3 aromatic rings. The van der Waals surface area contributed by atoms with Gasteiger partial charge in [-0.2, -0.15) is 10.1 Å². The van der Waals surface area contributed by atoms with E-state index in [1.54, 1.807) is 0 Å². The number of ether oxygens (including phenoxy) is 1. The van der Waals surface area contributed by atoms with Crippen LogP contribution < -0.4 is 16.0 Å². The zero-order valence-corrected chi connectivity index (χ0v) is 19.2. The lowest BCUT2D eigenvalue weighted by molar-refractivity contribution is 0.0858. The van der Waals surface area contributed by atoms with Gasteiger partial charge in [0.2, 0.25) is 5.95 Å². The van der Waals surface area contributed by atoms with E-state index in [9.17, 15) is 0 Å². The van der Waals surface area contributed by atoms with Crippen molar-refractivity contribution in [3.05, 3.63) is 40.1 Å². The minimum atomic E-state index is -0.293. The summed E-state index contributed by atoms with van der Waals surface area (Å²) in [6.45, 7) is 7.33. The monoisotopic (exact) mass is 473 g/mol. The van der Waals surface area contributed by atoms with E-state index < -0.39 is 0 Å². The van der Waals surface area contributed by atoms with Crippen molar-refractivity contribution in [3.63, 3.8) is 0 Å². The predicted molar refractivity (Wildman–Crippen MR) is 123 cm³/mol. The molecule has 1 aliphatic heterocycles. The number of aromatic nitrogens is 4. The van der Waals surface area contributed by atoms with Gasteiger partial charge in [-0.1, -0.05) is 29.8 Å². The third kappa shape index (κ3) is 4.58. The van der Waals surface area contributed by atoms with Crippen LogP contribution in [0.5, 0.6) is 0 Å². The Morgan fingerprint density at radius 1 is 1.30 bits per heavy atom. The molecule has 30 heavy (non-hydrogen) atoms. The largest absolute Gasteiger partial charge is 0.362 e. The minimum Gasteiger partial charge on any atom is -0.362 e. The molecule has 160 valence electrons. The zero-order chi connectivity index (χ0) is 21.1. The first-order valence-corrected chi connectivity index (χ1v) is 11.1. The molecule has 0 bridgehead atoms. The standard InChI is InChI=1S/C21H28BrN7O/c1-13(2)10-29-11-16-18(19-15-9-14(22)5-6-17(15)25-12-30-19)26-21(27-20(16)28-29)24-8-4-7-23-3/h5-6,9,11,13,19,23,25H,4,7-8,10,12H2,1-3H3,(H,24,27,28). The summed E-state index contributed by atoms with van der Waals surface area (Å²) in [5.74, 6) is 1.07. The van der Waals surface area contributed by atoms with Gasteiger partial charge in [-0.25, -0.2) is 4.98 Å². The maximum Gasteiger partial charge on any atom is 0.225 e. The summed E-state index contributed by atoms with van der Waals surface area (Å²) < 4.78 is 9.11. The fraction of sp³-hybridized carbons (Fsp3) is 0.476. The average molecular weight is 474 g/mol. The van der Waals surface area contributed by atoms with Crippen LogP contribution in [0.4, 0.5) is 11.6 Å². The fourth-order valence-corrected chi connectivity index (χ4v) is 4.00. The van der Waals surface area contributed by atoms with E-state index in [0.717, 1.165) is 52.9 Å². The van der Waals surface area contributed by atoms with Crippen molar-refractivity contribution in [1.29, 1.82) is 0 Å². The number of halogens is 1. The van der Waals surface area contributed by atoms with Crippen molar-refractivity contribution in [2.24, 2.45) is 5.92 Å². The molecule has 9 heteroatoms. The van der Waals surface area contributed by atoms with Crippen LogP contribution >= 0.6 is 15.9 Å². The first kappa shape index (κ1) is 21.0. The number of fused-ring (bicyclic) bond motifs is 2. The van der Waals surface area contributed by atoms with Crippen molar-refractivity contribution in [2.75, 3.05) is 37.5 Å². The van der Waals surface area contributed by atoms with E-state index in [-0.39, 0.29) is 6.10 Å². The lowest BCUT2D eigenvalue weighted by atomic mass is 10.0. The van der Waals surface area contributed by atoms with Crippen LogP contribution in [-0.2, 0) is 11.3 Å². The summed E-state index contributed by atoms with van der Waals surface area (Å²) in [4.78, 5) is 9.55. The Bertz CT molecular complexity index is 1020. The van der Waals surface area contributed by atoms with Crippen LogP contribution in [0, 0.1) is 5.92 Å². The predicted octanol–water partition coefficient (Wildman–Crippen LogP) is 3.76. The number of benzene rings is 1. The van der Waals surface area contributed by atoms with Crippen molar-refractivity contribution in [1.82, 2.24) is 25.1 Å². The van der Waals surface area contributed by atoms with Crippen LogP contribution in [0.15, 0.2) is 28.9 Å². The first-order chi connectivity index (χ1) is 14.5. The Kier molecular flexibility index (Phi) is 6.50. The summed E-state index contributed by atoms with van der Waals surface area (Å²) in [5, 5.41) is 15.4. The first-order valence-electron chi connectivity index (χ1n) is 10.3. The molecule has 0 fully saturated rings. The molecule has 4 rings (SSSR count).